The standard InChI is InChI=1S/C13H26N2O/c1-3-4-5-6-11(2)15-13(16)9-10-14-12-7-8-12/h11-12,14H,3-10H2,1-2H3,(H,15,16). The van der Waals surface area contributed by atoms with E-state index >= 15 is 0 Å². The van der Waals surface area contributed by atoms with E-state index in [4.69, 9.17) is 0 Å². The summed E-state index contributed by atoms with van der Waals surface area (Å²) >= 11 is 0. The highest BCUT2D eigenvalue weighted by atomic mass is 16.1. The third-order valence-electron chi connectivity index (χ3n) is 3.01. The van der Waals surface area contributed by atoms with Crippen molar-refractivity contribution in [3.05, 3.63) is 0 Å². The number of nitrogens with one attached hydrogen (secondary N) is 2. The van der Waals surface area contributed by atoms with Gasteiger partial charge in [-0.2, -0.15) is 0 Å². The molecule has 1 unspecified atom stereocenters. The highest BCUT2D eigenvalue weighted by Crippen LogP contribution is 2.18. The lowest BCUT2D eigenvalue weighted by Crippen LogP contribution is -2.34. The first-order valence-electron chi connectivity index (χ1n) is 6.75. The van der Waals surface area contributed by atoms with Gasteiger partial charge in [0, 0.05) is 25.0 Å². The molecular weight excluding hydrogens is 200 g/mol. The van der Waals surface area contributed by atoms with Crippen molar-refractivity contribution < 1.29 is 4.79 Å². The first kappa shape index (κ1) is 13.5. The zero-order valence-corrected chi connectivity index (χ0v) is 10.7. The van der Waals surface area contributed by atoms with E-state index in [1.165, 1.54) is 32.1 Å². The minimum Gasteiger partial charge on any atom is -0.354 e. The lowest BCUT2D eigenvalue weighted by molar-refractivity contribution is -0.121. The average molecular weight is 226 g/mol. The van der Waals surface area contributed by atoms with Crippen molar-refractivity contribution >= 4 is 5.91 Å². The van der Waals surface area contributed by atoms with Crippen LogP contribution in [0.5, 0.6) is 0 Å². The molecule has 1 rings (SSSR count). The van der Waals surface area contributed by atoms with Crippen LogP contribution < -0.4 is 10.6 Å². The normalized spacial score (nSPS) is 17.1. The Kier molecular flexibility index (Phi) is 6.46. The molecule has 0 bridgehead atoms. The Morgan fingerprint density at radius 2 is 2.12 bits per heavy atom. The van der Waals surface area contributed by atoms with E-state index in [9.17, 15) is 4.79 Å². The van der Waals surface area contributed by atoms with Gasteiger partial charge in [0.05, 0.1) is 0 Å². The van der Waals surface area contributed by atoms with Gasteiger partial charge >= 0.3 is 0 Å². The fourth-order valence-corrected chi connectivity index (χ4v) is 1.80. The number of hydrogen-bond donors (Lipinski definition) is 2. The Morgan fingerprint density at radius 3 is 2.75 bits per heavy atom. The summed E-state index contributed by atoms with van der Waals surface area (Å²) in [4.78, 5) is 11.5. The van der Waals surface area contributed by atoms with Crippen molar-refractivity contribution in [2.75, 3.05) is 6.54 Å². The Bertz CT molecular complexity index is 202. The summed E-state index contributed by atoms with van der Waals surface area (Å²) in [6, 6.07) is 1.04. The van der Waals surface area contributed by atoms with Gasteiger partial charge in [-0.05, 0) is 26.2 Å². The molecule has 0 aromatic carbocycles. The molecule has 0 radical (unpaired) electrons. The number of amides is 1. The van der Waals surface area contributed by atoms with Crippen LogP contribution in [0.3, 0.4) is 0 Å². The van der Waals surface area contributed by atoms with Crippen LogP contribution in [0.25, 0.3) is 0 Å². The van der Waals surface area contributed by atoms with E-state index in [-0.39, 0.29) is 5.91 Å². The van der Waals surface area contributed by atoms with Crippen LogP contribution in [0.4, 0.5) is 0 Å². The maximum absolute atomic E-state index is 11.5. The van der Waals surface area contributed by atoms with E-state index in [0.29, 0.717) is 18.5 Å². The predicted octanol–water partition coefficient (Wildman–Crippen LogP) is 2.21. The summed E-state index contributed by atoms with van der Waals surface area (Å²) in [5, 5.41) is 6.41. The highest BCUT2D eigenvalue weighted by Gasteiger charge is 2.20. The van der Waals surface area contributed by atoms with Crippen LogP contribution >= 0.6 is 0 Å². The first-order valence-corrected chi connectivity index (χ1v) is 6.75. The van der Waals surface area contributed by atoms with E-state index in [1.807, 2.05) is 0 Å². The van der Waals surface area contributed by atoms with Crippen molar-refractivity contribution in [2.45, 2.75) is 70.9 Å². The quantitative estimate of drug-likeness (QED) is 0.592. The molecule has 0 aromatic rings. The van der Waals surface area contributed by atoms with Gasteiger partial charge < -0.3 is 10.6 Å². The largest absolute Gasteiger partial charge is 0.354 e. The molecule has 3 nitrogen and oxygen atoms in total. The molecule has 1 aliphatic carbocycles. The smallest absolute Gasteiger partial charge is 0.221 e. The molecule has 1 aliphatic rings. The van der Waals surface area contributed by atoms with Gasteiger partial charge in [0.25, 0.3) is 0 Å². The molecule has 1 amide bonds. The van der Waals surface area contributed by atoms with Gasteiger partial charge in [-0.3, -0.25) is 4.79 Å². The molecule has 16 heavy (non-hydrogen) atoms. The van der Waals surface area contributed by atoms with Gasteiger partial charge in [-0.15, -0.1) is 0 Å². The van der Waals surface area contributed by atoms with E-state index < -0.39 is 0 Å². The summed E-state index contributed by atoms with van der Waals surface area (Å²) in [6.07, 6.45) is 8.03. The van der Waals surface area contributed by atoms with Gasteiger partial charge in [0.1, 0.15) is 0 Å². The maximum Gasteiger partial charge on any atom is 0.221 e. The molecule has 1 fully saturated rings. The van der Waals surface area contributed by atoms with Crippen molar-refractivity contribution in [1.82, 2.24) is 10.6 Å². The van der Waals surface area contributed by atoms with Gasteiger partial charge in [-0.25, -0.2) is 0 Å². The summed E-state index contributed by atoms with van der Waals surface area (Å²) in [6.45, 7) is 5.13. The molecule has 1 atom stereocenters. The number of unbranched alkanes of at least 4 members (excludes halogenated alkanes) is 2. The minimum absolute atomic E-state index is 0.192. The highest BCUT2D eigenvalue weighted by molar-refractivity contribution is 5.76. The Morgan fingerprint density at radius 1 is 1.38 bits per heavy atom. The fourth-order valence-electron chi connectivity index (χ4n) is 1.80. The first-order chi connectivity index (χ1) is 7.72. The van der Waals surface area contributed by atoms with Gasteiger partial charge in [0.15, 0.2) is 0 Å². The zero-order chi connectivity index (χ0) is 11.8. The summed E-state index contributed by atoms with van der Waals surface area (Å²) in [7, 11) is 0. The molecule has 94 valence electrons. The number of hydrogen-bond acceptors (Lipinski definition) is 2. The summed E-state index contributed by atoms with van der Waals surface area (Å²) in [5.74, 6) is 0.192. The third-order valence-corrected chi connectivity index (χ3v) is 3.01. The Hall–Kier alpha value is -0.570. The van der Waals surface area contributed by atoms with Gasteiger partial charge in [0.2, 0.25) is 5.91 Å². The zero-order valence-electron chi connectivity index (χ0n) is 10.7. The van der Waals surface area contributed by atoms with Gasteiger partial charge in [-0.1, -0.05) is 26.2 Å². The van der Waals surface area contributed by atoms with E-state index in [0.717, 1.165) is 13.0 Å². The summed E-state index contributed by atoms with van der Waals surface area (Å²) < 4.78 is 0. The number of carbonyl (C=O) groups excluding carboxylic acids is 1. The molecular formula is C13H26N2O. The Labute approximate surface area is 99.4 Å². The summed E-state index contributed by atoms with van der Waals surface area (Å²) in [5.41, 5.74) is 0. The second-order valence-electron chi connectivity index (χ2n) is 4.94. The van der Waals surface area contributed by atoms with Crippen molar-refractivity contribution in [1.29, 1.82) is 0 Å². The van der Waals surface area contributed by atoms with E-state index in [2.05, 4.69) is 24.5 Å². The SMILES string of the molecule is CCCCCC(C)NC(=O)CCNC1CC1. The van der Waals surface area contributed by atoms with Crippen LogP contribution in [-0.4, -0.2) is 24.5 Å². The molecule has 3 heteroatoms. The maximum atomic E-state index is 11.5. The molecule has 2 N–H and O–H groups in total. The lowest BCUT2D eigenvalue weighted by atomic mass is 10.1. The molecule has 0 heterocycles. The van der Waals surface area contributed by atoms with Crippen LogP contribution in [-0.2, 0) is 4.79 Å². The van der Waals surface area contributed by atoms with Crippen molar-refractivity contribution in [3.63, 3.8) is 0 Å². The molecule has 1 saturated carbocycles. The van der Waals surface area contributed by atoms with Crippen molar-refractivity contribution in [3.8, 4) is 0 Å². The Balaban J connectivity index is 1.93. The minimum atomic E-state index is 0.192. The predicted molar refractivity (Wildman–Crippen MR) is 67.4 cm³/mol. The molecule has 0 aliphatic heterocycles. The second-order valence-corrected chi connectivity index (χ2v) is 4.94. The monoisotopic (exact) mass is 226 g/mol. The molecule has 0 aromatic heterocycles. The van der Waals surface area contributed by atoms with Crippen molar-refractivity contribution in [2.24, 2.45) is 0 Å². The average Bonchev–Trinajstić information content (AvgIpc) is 3.02. The van der Waals surface area contributed by atoms with Crippen LogP contribution in [0.1, 0.15) is 58.8 Å². The van der Waals surface area contributed by atoms with Crippen LogP contribution in [0.2, 0.25) is 0 Å². The van der Waals surface area contributed by atoms with E-state index in [1.54, 1.807) is 0 Å². The number of carbonyl (C=O) groups is 1. The molecule has 0 saturated heterocycles. The number of rotatable bonds is 9. The second kappa shape index (κ2) is 7.66. The topological polar surface area (TPSA) is 41.1 Å². The van der Waals surface area contributed by atoms with Crippen LogP contribution in [0.15, 0.2) is 0 Å². The van der Waals surface area contributed by atoms with Crippen LogP contribution in [0, 0.1) is 0 Å². The molecule has 0 spiro atoms. The fraction of sp³-hybridized carbons (Fsp3) is 0.923. The lowest BCUT2D eigenvalue weighted by Gasteiger charge is -2.13. The third kappa shape index (κ3) is 6.83.